The van der Waals surface area contributed by atoms with Crippen molar-refractivity contribution in [3.63, 3.8) is 0 Å². The Morgan fingerprint density at radius 3 is 3.11 bits per heavy atom. The van der Waals surface area contributed by atoms with Crippen LogP contribution < -0.4 is 5.32 Å². The number of pyridine rings is 1. The standard InChI is InChI=1S/C12H15N3O2S/c1-18-8-4-6-13-11-10(12(16)17)15-7-3-2-5-9(15)14-11/h2-3,5,7,13H,4,6,8H2,1H3,(H,16,17). The number of carbonyl (C=O) groups is 1. The first-order valence-corrected chi connectivity index (χ1v) is 7.06. The van der Waals surface area contributed by atoms with Crippen molar-refractivity contribution in [1.29, 1.82) is 0 Å². The Balaban J connectivity index is 2.25. The van der Waals surface area contributed by atoms with Gasteiger partial charge in [0.05, 0.1) is 0 Å². The van der Waals surface area contributed by atoms with Crippen molar-refractivity contribution in [3.8, 4) is 0 Å². The molecule has 0 aliphatic heterocycles. The van der Waals surface area contributed by atoms with E-state index in [9.17, 15) is 9.90 Å². The number of rotatable bonds is 6. The molecule has 2 N–H and O–H groups in total. The lowest BCUT2D eigenvalue weighted by Crippen LogP contribution is -2.09. The molecule has 0 atom stereocenters. The van der Waals surface area contributed by atoms with E-state index < -0.39 is 5.97 Å². The van der Waals surface area contributed by atoms with Gasteiger partial charge in [0.15, 0.2) is 11.5 Å². The smallest absolute Gasteiger partial charge is 0.356 e. The van der Waals surface area contributed by atoms with Gasteiger partial charge in [-0.15, -0.1) is 0 Å². The van der Waals surface area contributed by atoms with Gasteiger partial charge in [-0.3, -0.25) is 4.40 Å². The van der Waals surface area contributed by atoms with Gasteiger partial charge in [0, 0.05) is 12.7 Å². The summed E-state index contributed by atoms with van der Waals surface area (Å²) >= 11 is 1.77. The fourth-order valence-corrected chi connectivity index (χ4v) is 2.18. The number of hydrogen-bond donors (Lipinski definition) is 2. The number of anilines is 1. The van der Waals surface area contributed by atoms with Gasteiger partial charge in [0.1, 0.15) is 5.65 Å². The average Bonchev–Trinajstić information content (AvgIpc) is 2.73. The quantitative estimate of drug-likeness (QED) is 0.784. The second-order valence-electron chi connectivity index (χ2n) is 3.82. The molecule has 0 aliphatic rings. The highest BCUT2D eigenvalue weighted by Gasteiger charge is 2.17. The van der Waals surface area contributed by atoms with Crippen LogP contribution in [0.5, 0.6) is 0 Å². The SMILES string of the molecule is CSCCCNc1nc2ccccn2c1C(=O)O. The van der Waals surface area contributed by atoms with Gasteiger partial charge >= 0.3 is 5.97 Å². The lowest BCUT2D eigenvalue weighted by molar-refractivity contribution is 0.0690. The third-order valence-electron chi connectivity index (χ3n) is 2.55. The number of aromatic carboxylic acids is 1. The molecule has 0 saturated carbocycles. The molecule has 0 radical (unpaired) electrons. The van der Waals surface area contributed by atoms with Gasteiger partial charge < -0.3 is 10.4 Å². The lowest BCUT2D eigenvalue weighted by Gasteiger charge is -2.03. The van der Waals surface area contributed by atoms with Crippen molar-refractivity contribution >= 4 is 29.2 Å². The molecular weight excluding hydrogens is 250 g/mol. The number of fused-ring (bicyclic) bond motifs is 1. The number of hydrogen-bond acceptors (Lipinski definition) is 4. The molecule has 2 aromatic rings. The molecule has 0 saturated heterocycles. The van der Waals surface area contributed by atoms with Crippen LogP contribution in [0.25, 0.3) is 5.65 Å². The summed E-state index contributed by atoms with van der Waals surface area (Å²) in [7, 11) is 0. The summed E-state index contributed by atoms with van der Waals surface area (Å²) in [6.45, 7) is 0.727. The van der Waals surface area contributed by atoms with Crippen molar-refractivity contribution in [2.75, 3.05) is 23.9 Å². The maximum absolute atomic E-state index is 11.3. The molecule has 0 unspecified atom stereocenters. The highest BCUT2D eigenvalue weighted by atomic mass is 32.2. The minimum Gasteiger partial charge on any atom is -0.476 e. The number of nitrogens with one attached hydrogen (secondary N) is 1. The van der Waals surface area contributed by atoms with Crippen LogP contribution in [0, 0.1) is 0 Å². The highest BCUT2D eigenvalue weighted by Crippen LogP contribution is 2.17. The second-order valence-corrected chi connectivity index (χ2v) is 4.80. The molecule has 0 aromatic carbocycles. The molecule has 2 heterocycles. The molecule has 2 aromatic heterocycles. The summed E-state index contributed by atoms with van der Waals surface area (Å²) < 4.78 is 1.58. The summed E-state index contributed by atoms with van der Waals surface area (Å²) in [6.07, 6.45) is 4.74. The van der Waals surface area contributed by atoms with Crippen LogP contribution in [0.4, 0.5) is 5.82 Å². The first kappa shape index (κ1) is 12.8. The number of aromatic nitrogens is 2. The van der Waals surface area contributed by atoms with E-state index in [-0.39, 0.29) is 5.69 Å². The van der Waals surface area contributed by atoms with Crippen LogP contribution in [0.2, 0.25) is 0 Å². The minimum atomic E-state index is -0.971. The zero-order chi connectivity index (χ0) is 13.0. The van der Waals surface area contributed by atoms with Gasteiger partial charge in [0.2, 0.25) is 0 Å². The number of thioether (sulfide) groups is 1. The summed E-state index contributed by atoms with van der Waals surface area (Å²) in [5.41, 5.74) is 0.831. The fraction of sp³-hybridized carbons (Fsp3) is 0.333. The van der Waals surface area contributed by atoms with Crippen molar-refractivity contribution in [3.05, 3.63) is 30.1 Å². The fourth-order valence-electron chi connectivity index (χ4n) is 1.75. The largest absolute Gasteiger partial charge is 0.476 e. The molecule has 0 bridgehead atoms. The van der Waals surface area contributed by atoms with E-state index >= 15 is 0 Å². The van der Waals surface area contributed by atoms with Crippen LogP contribution >= 0.6 is 11.8 Å². The Kier molecular flexibility index (Phi) is 4.09. The van der Waals surface area contributed by atoms with Crippen molar-refractivity contribution in [2.24, 2.45) is 0 Å². The zero-order valence-corrected chi connectivity index (χ0v) is 10.9. The predicted molar refractivity (Wildman–Crippen MR) is 73.6 cm³/mol. The van der Waals surface area contributed by atoms with E-state index in [0.29, 0.717) is 11.5 Å². The summed E-state index contributed by atoms with van der Waals surface area (Å²) in [5, 5.41) is 12.3. The second kappa shape index (κ2) is 5.77. The Morgan fingerprint density at radius 2 is 2.39 bits per heavy atom. The van der Waals surface area contributed by atoms with E-state index in [2.05, 4.69) is 10.3 Å². The van der Waals surface area contributed by atoms with Crippen molar-refractivity contribution in [2.45, 2.75) is 6.42 Å². The Bertz CT molecular complexity index is 553. The molecule has 6 heteroatoms. The maximum Gasteiger partial charge on any atom is 0.356 e. The minimum absolute atomic E-state index is 0.190. The van der Waals surface area contributed by atoms with Crippen molar-refractivity contribution in [1.82, 2.24) is 9.38 Å². The van der Waals surface area contributed by atoms with Crippen LogP contribution in [0.1, 0.15) is 16.9 Å². The average molecular weight is 265 g/mol. The first-order chi connectivity index (χ1) is 8.74. The summed E-state index contributed by atoms with van der Waals surface area (Å²) in [4.78, 5) is 15.6. The molecule has 18 heavy (non-hydrogen) atoms. The summed E-state index contributed by atoms with van der Waals surface area (Å²) in [5.74, 6) is 0.513. The van der Waals surface area contributed by atoms with Crippen LogP contribution in [0.15, 0.2) is 24.4 Å². The normalized spacial score (nSPS) is 10.7. The van der Waals surface area contributed by atoms with Gasteiger partial charge in [-0.2, -0.15) is 11.8 Å². The summed E-state index contributed by atoms with van der Waals surface area (Å²) in [6, 6.07) is 5.42. The monoisotopic (exact) mass is 265 g/mol. The predicted octanol–water partition coefficient (Wildman–Crippen LogP) is 2.20. The highest BCUT2D eigenvalue weighted by molar-refractivity contribution is 7.98. The molecule has 5 nitrogen and oxygen atoms in total. The number of carboxylic acid groups (broad SMARTS) is 1. The van der Waals surface area contributed by atoms with E-state index in [0.717, 1.165) is 18.7 Å². The molecule has 0 spiro atoms. The third kappa shape index (κ3) is 2.59. The zero-order valence-electron chi connectivity index (χ0n) is 10.1. The topological polar surface area (TPSA) is 66.6 Å². The van der Waals surface area contributed by atoms with Crippen molar-refractivity contribution < 1.29 is 9.90 Å². The Labute approximate surface area is 109 Å². The van der Waals surface area contributed by atoms with Gasteiger partial charge in [0.25, 0.3) is 0 Å². The van der Waals surface area contributed by atoms with Crippen LogP contribution in [0.3, 0.4) is 0 Å². The van der Waals surface area contributed by atoms with Crippen LogP contribution in [-0.4, -0.2) is 39.0 Å². The Hall–Kier alpha value is -1.69. The molecule has 0 fully saturated rings. The van der Waals surface area contributed by atoms with Gasteiger partial charge in [-0.05, 0) is 30.6 Å². The van der Waals surface area contributed by atoms with E-state index in [1.54, 1.807) is 34.5 Å². The third-order valence-corrected chi connectivity index (χ3v) is 3.25. The molecule has 0 aliphatic carbocycles. The maximum atomic E-state index is 11.3. The number of imidazole rings is 1. The number of carboxylic acids is 1. The Morgan fingerprint density at radius 1 is 1.56 bits per heavy atom. The lowest BCUT2D eigenvalue weighted by atomic mass is 10.4. The van der Waals surface area contributed by atoms with Gasteiger partial charge in [-0.1, -0.05) is 6.07 Å². The van der Waals surface area contributed by atoms with E-state index in [1.165, 1.54) is 0 Å². The van der Waals surface area contributed by atoms with Gasteiger partial charge in [-0.25, -0.2) is 9.78 Å². The van der Waals surface area contributed by atoms with Crippen LogP contribution in [-0.2, 0) is 0 Å². The molecular formula is C12H15N3O2S. The van der Waals surface area contributed by atoms with E-state index in [4.69, 9.17) is 0 Å². The van der Waals surface area contributed by atoms with E-state index in [1.807, 2.05) is 12.3 Å². The number of nitrogens with zero attached hydrogens (tertiary/aromatic N) is 2. The first-order valence-electron chi connectivity index (χ1n) is 5.67. The molecule has 2 rings (SSSR count). The molecule has 0 amide bonds. The molecule has 96 valence electrons.